The number of rotatable bonds is 5. The average Bonchev–Trinajstić information content (AvgIpc) is 2.49. The van der Waals surface area contributed by atoms with Crippen molar-refractivity contribution in [3.8, 4) is 0 Å². The Balaban J connectivity index is 2.44. The van der Waals surface area contributed by atoms with E-state index in [2.05, 4.69) is 5.16 Å². The lowest BCUT2D eigenvalue weighted by atomic mass is 9.99. The van der Waals surface area contributed by atoms with Gasteiger partial charge in [0.15, 0.2) is 11.5 Å². The summed E-state index contributed by atoms with van der Waals surface area (Å²) in [5.74, 6) is -0.246. The summed E-state index contributed by atoms with van der Waals surface area (Å²) < 4.78 is 0. The quantitative estimate of drug-likeness (QED) is 0.280. The molecule has 0 aliphatic carbocycles. The highest BCUT2D eigenvalue weighted by Gasteiger charge is 2.22. The van der Waals surface area contributed by atoms with E-state index in [0.29, 0.717) is 11.3 Å². The smallest absolute Gasteiger partial charge is 0.318 e. The molecule has 5 heteroatoms. The van der Waals surface area contributed by atoms with Gasteiger partial charge in [-0.25, -0.2) is 4.79 Å². The highest BCUT2D eigenvalue weighted by Crippen LogP contribution is 2.19. The molecule has 0 aromatic heterocycles. The predicted molar refractivity (Wildman–Crippen MR) is 91.6 cm³/mol. The van der Waals surface area contributed by atoms with Crippen molar-refractivity contribution in [3.05, 3.63) is 48.0 Å². The minimum Gasteiger partial charge on any atom is -0.318 e. The van der Waals surface area contributed by atoms with Crippen LogP contribution in [-0.2, 0) is 20.5 Å². The van der Waals surface area contributed by atoms with Gasteiger partial charge in [-0.15, -0.1) is 0 Å². The molecule has 2 rings (SSSR count). The zero-order valence-electron chi connectivity index (χ0n) is 12.8. The minimum absolute atomic E-state index is 0.0313. The van der Waals surface area contributed by atoms with Crippen LogP contribution in [0, 0.1) is 0 Å². The summed E-state index contributed by atoms with van der Waals surface area (Å²) in [7, 11) is -0.0313. The van der Waals surface area contributed by atoms with Crippen LogP contribution >= 0.6 is 0 Å². The van der Waals surface area contributed by atoms with Crippen molar-refractivity contribution in [2.45, 2.75) is 6.92 Å². The standard InChI is InChI=1S/C17H18NO3S/c1-12(19)21-18-16(11-22(2)3)17(20)15-10-6-8-13-7-4-5-9-14(13)15/h4-10H,11H2,1-3H3/q+1. The largest absolute Gasteiger partial charge is 0.331 e. The van der Waals surface area contributed by atoms with Gasteiger partial charge in [-0.05, 0) is 21.7 Å². The van der Waals surface area contributed by atoms with E-state index in [1.165, 1.54) is 6.92 Å². The number of ketones is 1. The van der Waals surface area contributed by atoms with Crippen molar-refractivity contribution >= 4 is 39.1 Å². The summed E-state index contributed by atoms with van der Waals surface area (Å²) >= 11 is 0. The monoisotopic (exact) mass is 316 g/mol. The Hall–Kier alpha value is -2.14. The Bertz CT molecular complexity index is 732. The molecule has 0 spiro atoms. The summed E-state index contributed by atoms with van der Waals surface area (Å²) in [6, 6.07) is 13.3. The summed E-state index contributed by atoms with van der Waals surface area (Å²) in [5.41, 5.74) is 0.856. The first-order valence-electron chi connectivity index (χ1n) is 6.80. The third-order valence-corrected chi connectivity index (χ3v) is 3.86. The van der Waals surface area contributed by atoms with Crippen molar-refractivity contribution in [1.82, 2.24) is 0 Å². The Morgan fingerprint density at radius 2 is 1.77 bits per heavy atom. The van der Waals surface area contributed by atoms with Gasteiger partial charge in [0.05, 0.1) is 12.5 Å². The van der Waals surface area contributed by atoms with Crippen LogP contribution in [0.4, 0.5) is 0 Å². The second kappa shape index (κ2) is 7.22. The van der Waals surface area contributed by atoms with Gasteiger partial charge in [0, 0.05) is 12.5 Å². The van der Waals surface area contributed by atoms with Gasteiger partial charge in [0.25, 0.3) is 0 Å². The Kier molecular flexibility index (Phi) is 5.33. The SMILES string of the molecule is CC(=O)ON=C(C[S+](C)C)C(=O)c1cccc2ccccc12. The molecule has 0 aliphatic rings. The number of fused-ring (bicyclic) bond motifs is 1. The van der Waals surface area contributed by atoms with Crippen molar-refractivity contribution in [2.24, 2.45) is 5.16 Å². The fourth-order valence-electron chi connectivity index (χ4n) is 2.11. The molecule has 0 N–H and O–H groups in total. The number of carbonyl (C=O) groups excluding carboxylic acids is 2. The molecule has 4 nitrogen and oxygen atoms in total. The van der Waals surface area contributed by atoms with Gasteiger partial charge in [0.2, 0.25) is 5.78 Å². The van der Waals surface area contributed by atoms with Crippen LogP contribution in [0.25, 0.3) is 10.8 Å². The molecular formula is C17H18NO3S+. The third-order valence-electron chi connectivity index (χ3n) is 3.01. The van der Waals surface area contributed by atoms with Crippen LogP contribution in [0.1, 0.15) is 17.3 Å². The zero-order chi connectivity index (χ0) is 16.1. The third kappa shape index (κ3) is 3.95. The maximum atomic E-state index is 12.8. The predicted octanol–water partition coefficient (Wildman–Crippen LogP) is 2.82. The van der Waals surface area contributed by atoms with E-state index < -0.39 is 5.97 Å². The van der Waals surface area contributed by atoms with Crippen LogP contribution in [0.3, 0.4) is 0 Å². The van der Waals surface area contributed by atoms with Crippen LogP contribution in [-0.4, -0.2) is 35.7 Å². The van der Waals surface area contributed by atoms with Gasteiger partial charge in [-0.1, -0.05) is 47.6 Å². The Morgan fingerprint density at radius 3 is 2.45 bits per heavy atom. The fraction of sp³-hybridized carbons (Fsp3) is 0.235. The van der Waals surface area contributed by atoms with Crippen molar-refractivity contribution < 1.29 is 14.4 Å². The van der Waals surface area contributed by atoms with E-state index in [1.54, 1.807) is 6.07 Å². The fourth-order valence-corrected chi connectivity index (χ4v) is 2.84. The summed E-state index contributed by atoms with van der Waals surface area (Å²) in [4.78, 5) is 28.4. The van der Waals surface area contributed by atoms with Crippen LogP contribution in [0.5, 0.6) is 0 Å². The van der Waals surface area contributed by atoms with Crippen LogP contribution in [0.2, 0.25) is 0 Å². The molecule has 114 valence electrons. The first-order chi connectivity index (χ1) is 10.5. The summed E-state index contributed by atoms with van der Waals surface area (Å²) in [6.45, 7) is 1.27. The second-order valence-corrected chi connectivity index (χ2v) is 7.37. The molecule has 0 radical (unpaired) electrons. The van der Waals surface area contributed by atoms with Crippen LogP contribution in [0.15, 0.2) is 47.6 Å². The second-order valence-electron chi connectivity index (χ2n) is 5.11. The minimum atomic E-state index is -0.532. The normalized spacial score (nSPS) is 11.7. The molecule has 0 fully saturated rings. The molecule has 0 aliphatic heterocycles. The molecule has 0 unspecified atom stereocenters. The van der Waals surface area contributed by atoms with E-state index >= 15 is 0 Å². The number of oxime groups is 1. The molecular weight excluding hydrogens is 298 g/mol. The first kappa shape index (κ1) is 16.2. The highest BCUT2D eigenvalue weighted by atomic mass is 32.2. The van der Waals surface area contributed by atoms with E-state index in [4.69, 9.17) is 4.84 Å². The molecule has 0 amide bonds. The summed E-state index contributed by atoms with van der Waals surface area (Å²) in [6.07, 6.45) is 4.03. The lowest BCUT2D eigenvalue weighted by Gasteiger charge is -2.07. The maximum absolute atomic E-state index is 12.8. The molecule has 0 bridgehead atoms. The number of carbonyl (C=O) groups is 2. The molecule has 0 saturated carbocycles. The number of Topliss-reactive ketones (excluding diaryl/α,β-unsaturated/α-hetero) is 1. The number of nitrogens with zero attached hydrogens (tertiary/aromatic N) is 1. The van der Waals surface area contributed by atoms with Gasteiger partial charge >= 0.3 is 5.97 Å². The molecule has 0 atom stereocenters. The summed E-state index contributed by atoms with van der Waals surface area (Å²) in [5, 5.41) is 5.64. The molecule has 0 saturated heterocycles. The molecule has 2 aromatic rings. The maximum Gasteiger partial charge on any atom is 0.331 e. The van der Waals surface area contributed by atoms with E-state index in [9.17, 15) is 9.59 Å². The van der Waals surface area contributed by atoms with Crippen molar-refractivity contribution in [3.63, 3.8) is 0 Å². The van der Waals surface area contributed by atoms with E-state index in [1.807, 2.05) is 48.9 Å². The first-order valence-corrected chi connectivity index (χ1v) is 9.01. The average molecular weight is 316 g/mol. The lowest BCUT2D eigenvalue weighted by molar-refractivity contribution is -0.140. The topological polar surface area (TPSA) is 55.7 Å². The van der Waals surface area contributed by atoms with Gasteiger partial charge < -0.3 is 4.84 Å². The van der Waals surface area contributed by atoms with Crippen molar-refractivity contribution in [2.75, 3.05) is 18.3 Å². The Labute approximate surface area is 132 Å². The Morgan fingerprint density at radius 1 is 1.09 bits per heavy atom. The number of hydrogen-bond acceptors (Lipinski definition) is 4. The van der Waals surface area contributed by atoms with Gasteiger partial charge in [-0.2, -0.15) is 0 Å². The molecule has 22 heavy (non-hydrogen) atoms. The highest BCUT2D eigenvalue weighted by molar-refractivity contribution is 7.96. The molecule has 2 aromatic carbocycles. The lowest BCUT2D eigenvalue weighted by Crippen LogP contribution is -2.24. The van der Waals surface area contributed by atoms with Gasteiger partial charge in [-0.3, -0.25) is 4.79 Å². The van der Waals surface area contributed by atoms with Crippen molar-refractivity contribution in [1.29, 1.82) is 0 Å². The molecule has 0 heterocycles. The number of hydrogen-bond donors (Lipinski definition) is 0. The van der Waals surface area contributed by atoms with E-state index in [0.717, 1.165) is 10.8 Å². The van der Waals surface area contributed by atoms with Gasteiger partial charge in [0.1, 0.15) is 0 Å². The van der Waals surface area contributed by atoms with Crippen LogP contribution < -0.4 is 0 Å². The number of benzene rings is 2. The van der Waals surface area contributed by atoms with E-state index in [-0.39, 0.29) is 22.4 Å². The zero-order valence-corrected chi connectivity index (χ0v) is 13.6.